The molecule has 1 saturated heterocycles. The molecule has 1 unspecified atom stereocenters. The summed E-state index contributed by atoms with van der Waals surface area (Å²) in [5.41, 5.74) is 1.24. The lowest BCUT2D eigenvalue weighted by atomic mass is 10.0. The van der Waals surface area contributed by atoms with Crippen molar-refractivity contribution in [3.63, 3.8) is 0 Å². The summed E-state index contributed by atoms with van der Waals surface area (Å²) in [5.74, 6) is 1.26. The summed E-state index contributed by atoms with van der Waals surface area (Å²) in [7, 11) is -2.96. The van der Waals surface area contributed by atoms with Crippen LogP contribution in [0, 0.1) is 0 Å². The largest absolute Gasteiger partial charge is 0.493 e. The number of hydrogen-bond acceptors (Lipinski definition) is 4. The predicted octanol–water partition coefficient (Wildman–Crippen LogP) is 1.88. The number of nitrogens with one attached hydrogen (secondary N) is 1. The van der Waals surface area contributed by atoms with E-state index in [0.717, 1.165) is 5.75 Å². The number of carbonyl (C=O) groups excluding carboxylic acids is 1. The van der Waals surface area contributed by atoms with Crippen molar-refractivity contribution in [2.45, 2.75) is 38.6 Å². The standard InChI is InChI=1S/C16H23NO4S/c1-12(2)13-3-5-15(6-4-13)21-9-7-16(18)17-14-8-10-22(19,20)11-14/h3-6,12,14H,7-11H2,1-2H3,(H,17,18). The van der Waals surface area contributed by atoms with E-state index >= 15 is 0 Å². The molecular formula is C16H23NO4S. The molecule has 0 bridgehead atoms. The minimum atomic E-state index is -2.96. The van der Waals surface area contributed by atoms with Gasteiger partial charge in [-0.05, 0) is 30.0 Å². The molecule has 1 fully saturated rings. The number of carbonyl (C=O) groups is 1. The molecule has 0 aromatic heterocycles. The molecule has 6 heteroatoms. The van der Waals surface area contributed by atoms with E-state index in [1.807, 2.05) is 24.3 Å². The first-order valence-electron chi connectivity index (χ1n) is 7.58. The highest BCUT2D eigenvalue weighted by Gasteiger charge is 2.28. The molecule has 0 spiro atoms. The summed E-state index contributed by atoms with van der Waals surface area (Å²) >= 11 is 0. The summed E-state index contributed by atoms with van der Waals surface area (Å²) in [4.78, 5) is 11.8. The second-order valence-electron chi connectivity index (χ2n) is 5.99. The molecule has 1 aromatic carbocycles. The zero-order valence-corrected chi connectivity index (χ0v) is 13.9. The molecule has 1 aliphatic rings. The van der Waals surface area contributed by atoms with Crippen molar-refractivity contribution < 1.29 is 17.9 Å². The molecule has 1 atom stereocenters. The van der Waals surface area contributed by atoms with Gasteiger partial charge in [-0.2, -0.15) is 0 Å². The molecule has 1 heterocycles. The fraction of sp³-hybridized carbons (Fsp3) is 0.562. The van der Waals surface area contributed by atoms with Gasteiger partial charge in [-0.15, -0.1) is 0 Å². The Morgan fingerprint density at radius 3 is 2.55 bits per heavy atom. The van der Waals surface area contributed by atoms with Crippen LogP contribution in [0.4, 0.5) is 0 Å². The van der Waals surface area contributed by atoms with E-state index in [0.29, 0.717) is 12.3 Å². The smallest absolute Gasteiger partial charge is 0.223 e. The number of benzene rings is 1. The van der Waals surface area contributed by atoms with Crippen molar-refractivity contribution in [3.8, 4) is 5.75 Å². The number of rotatable bonds is 6. The highest BCUT2D eigenvalue weighted by Crippen LogP contribution is 2.18. The topological polar surface area (TPSA) is 72.5 Å². The van der Waals surface area contributed by atoms with Crippen molar-refractivity contribution in [1.82, 2.24) is 5.32 Å². The van der Waals surface area contributed by atoms with Gasteiger partial charge in [0, 0.05) is 6.04 Å². The quantitative estimate of drug-likeness (QED) is 0.867. The van der Waals surface area contributed by atoms with E-state index in [4.69, 9.17) is 4.74 Å². The van der Waals surface area contributed by atoms with Gasteiger partial charge in [-0.1, -0.05) is 26.0 Å². The third-order valence-electron chi connectivity index (χ3n) is 3.74. The van der Waals surface area contributed by atoms with Crippen molar-refractivity contribution in [2.24, 2.45) is 0 Å². The summed E-state index contributed by atoms with van der Waals surface area (Å²) in [5, 5.41) is 2.75. The molecule has 0 aliphatic carbocycles. The third-order valence-corrected chi connectivity index (χ3v) is 5.51. The molecule has 1 amide bonds. The summed E-state index contributed by atoms with van der Waals surface area (Å²) in [6.45, 7) is 4.54. The first-order chi connectivity index (χ1) is 10.4. The molecule has 1 N–H and O–H groups in total. The van der Waals surface area contributed by atoms with Crippen LogP contribution in [0.5, 0.6) is 5.75 Å². The van der Waals surface area contributed by atoms with E-state index in [1.54, 1.807) is 0 Å². The molecule has 1 aliphatic heterocycles. The molecule has 5 nitrogen and oxygen atoms in total. The second-order valence-corrected chi connectivity index (χ2v) is 8.22. The van der Waals surface area contributed by atoms with Crippen molar-refractivity contribution in [1.29, 1.82) is 0 Å². The van der Waals surface area contributed by atoms with E-state index < -0.39 is 9.84 Å². The molecule has 0 radical (unpaired) electrons. The Labute approximate surface area is 132 Å². The number of sulfone groups is 1. The van der Waals surface area contributed by atoms with Crippen LogP contribution in [-0.4, -0.2) is 38.5 Å². The average molecular weight is 325 g/mol. The fourth-order valence-corrected chi connectivity index (χ4v) is 4.09. The van der Waals surface area contributed by atoms with Gasteiger partial charge in [0.25, 0.3) is 0 Å². The third kappa shape index (κ3) is 5.02. The lowest BCUT2D eigenvalue weighted by Crippen LogP contribution is -2.36. The van der Waals surface area contributed by atoms with Crippen LogP contribution >= 0.6 is 0 Å². The first kappa shape index (κ1) is 16.8. The van der Waals surface area contributed by atoms with E-state index in [9.17, 15) is 13.2 Å². The zero-order valence-electron chi connectivity index (χ0n) is 13.0. The normalized spacial score (nSPS) is 20.0. The van der Waals surface area contributed by atoms with Gasteiger partial charge >= 0.3 is 0 Å². The van der Waals surface area contributed by atoms with Gasteiger partial charge in [-0.3, -0.25) is 4.79 Å². The monoisotopic (exact) mass is 325 g/mol. The maximum Gasteiger partial charge on any atom is 0.223 e. The lowest BCUT2D eigenvalue weighted by Gasteiger charge is -2.12. The number of amides is 1. The molecule has 2 rings (SSSR count). The van der Waals surface area contributed by atoms with Crippen molar-refractivity contribution >= 4 is 15.7 Å². The van der Waals surface area contributed by atoms with Crippen LogP contribution in [0.25, 0.3) is 0 Å². The van der Waals surface area contributed by atoms with E-state index in [1.165, 1.54) is 5.56 Å². The lowest BCUT2D eigenvalue weighted by molar-refractivity contribution is -0.122. The molecular weight excluding hydrogens is 302 g/mol. The Morgan fingerprint density at radius 2 is 2.00 bits per heavy atom. The Morgan fingerprint density at radius 1 is 1.32 bits per heavy atom. The van der Waals surface area contributed by atoms with E-state index in [-0.39, 0.29) is 36.5 Å². The zero-order chi connectivity index (χ0) is 16.2. The van der Waals surface area contributed by atoms with Crippen LogP contribution in [0.15, 0.2) is 24.3 Å². The minimum absolute atomic E-state index is 0.0518. The van der Waals surface area contributed by atoms with Gasteiger partial charge in [0.15, 0.2) is 9.84 Å². The Balaban J connectivity index is 1.71. The Bertz CT molecular complexity index is 608. The van der Waals surface area contributed by atoms with Crippen LogP contribution in [0.1, 0.15) is 38.2 Å². The second kappa shape index (κ2) is 7.13. The van der Waals surface area contributed by atoms with E-state index in [2.05, 4.69) is 19.2 Å². The highest BCUT2D eigenvalue weighted by atomic mass is 32.2. The van der Waals surface area contributed by atoms with Crippen LogP contribution in [-0.2, 0) is 14.6 Å². The predicted molar refractivity (Wildman–Crippen MR) is 85.8 cm³/mol. The fourth-order valence-electron chi connectivity index (χ4n) is 2.42. The SMILES string of the molecule is CC(C)c1ccc(OCCC(=O)NC2CCS(=O)(=O)C2)cc1. The Kier molecular flexibility index (Phi) is 5.45. The van der Waals surface area contributed by atoms with Crippen LogP contribution in [0.2, 0.25) is 0 Å². The summed E-state index contributed by atoms with van der Waals surface area (Å²) in [6.07, 6.45) is 0.730. The summed E-state index contributed by atoms with van der Waals surface area (Å²) < 4.78 is 28.2. The van der Waals surface area contributed by atoms with Gasteiger partial charge in [0.2, 0.25) is 5.91 Å². The van der Waals surface area contributed by atoms with Gasteiger partial charge in [0.05, 0.1) is 24.5 Å². The van der Waals surface area contributed by atoms with Crippen molar-refractivity contribution in [2.75, 3.05) is 18.1 Å². The molecule has 0 saturated carbocycles. The van der Waals surface area contributed by atoms with Crippen molar-refractivity contribution in [3.05, 3.63) is 29.8 Å². The van der Waals surface area contributed by atoms with Crippen LogP contribution < -0.4 is 10.1 Å². The van der Waals surface area contributed by atoms with Crippen LogP contribution in [0.3, 0.4) is 0 Å². The van der Waals surface area contributed by atoms with Gasteiger partial charge in [0.1, 0.15) is 5.75 Å². The molecule has 122 valence electrons. The Hall–Kier alpha value is -1.56. The number of ether oxygens (including phenoxy) is 1. The first-order valence-corrected chi connectivity index (χ1v) is 9.40. The maximum atomic E-state index is 11.8. The minimum Gasteiger partial charge on any atom is -0.493 e. The summed E-state index contributed by atoms with van der Waals surface area (Å²) in [6, 6.07) is 7.59. The average Bonchev–Trinajstić information content (AvgIpc) is 2.78. The maximum absolute atomic E-state index is 11.8. The van der Waals surface area contributed by atoms with Gasteiger partial charge < -0.3 is 10.1 Å². The molecule has 22 heavy (non-hydrogen) atoms. The van der Waals surface area contributed by atoms with Gasteiger partial charge in [-0.25, -0.2) is 8.42 Å². The number of hydrogen-bond donors (Lipinski definition) is 1. The highest BCUT2D eigenvalue weighted by molar-refractivity contribution is 7.91. The molecule has 1 aromatic rings.